The summed E-state index contributed by atoms with van der Waals surface area (Å²) >= 11 is 0. The SMILES string of the molecule is Cc1ccc(C)c(N2CCN(CCCNc3nn4nnnc4c4ccccc34)CC2)c1. The van der Waals surface area contributed by atoms with E-state index in [0.717, 1.165) is 62.3 Å². The van der Waals surface area contributed by atoms with Gasteiger partial charge in [0.05, 0.1) is 0 Å². The van der Waals surface area contributed by atoms with E-state index in [9.17, 15) is 0 Å². The molecular weight excluding hydrogens is 388 g/mol. The quantitative estimate of drug-likeness (QED) is 0.485. The molecule has 31 heavy (non-hydrogen) atoms. The van der Waals surface area contributed by atoms with Crippen molar-refractivity contribution in [3.8, 4) is 0 Å². The van der Waals surface area contributed by atoms with Crippen molar-refractivity contribution < 1.29 is 0 Å². The molecule has 0 bridgehead atoms. The Morgan fingerprint density at radius 2 is 1.77 bits per heavy atom. The molecule has 2 aromatic heterocycles. The van der Waals surface area contributed by atoms with E-state index < -0.39 is 0 Å². The molecule has 160 valence electrons. The molecule has 0 amide bonds. The van der Waals surface area contributed by atoms with Crippen molar-refractivity contribution in [1.29, 1.82) is 0 Å². The summed E-state index contributed by atoms with van der Waals surface area (Å²) in [7, 11) is 0. The second-order valence-corrected chi connectivity index (χ2v) is 8.29. The molecule has 1 aliphatic rings. The lowest BCUT2D eigenvalue weighted by Gasteiger charge is -2.37. The normalized spacial score (nSPS) is 15.1. The Bertz CT molecular complexity index is 1190. The van der Waals surface area contributed by atoms with Crippen LogP contribution in [0.4, 0.5) is 11.5 Å². The maximum Gasteiger partial charge on any atom is 0.207 e. The van der Waals surface area contributed by atoms with Crippen LogP contribution in [0, 0.1) is 13.8 Å². The molecule has 5 rings (SSSR count). The van der Waals surface area contributed by atoms with Gasteiger partial charge in [-0.05, 0) is 54.4 Å². The first kappa shape index (κ1) is 19.7. The summed E-state index contributed by atoms with van der Waals surface area (Å²) in [5.74, 6) is 0.829. The maximum absolute atomic E-state index is 4.56. The molecule has 1 N–H and O–H groups in total. The van der Waals surface area contributed by atoms with Crippen molar-refractivity contribution in [3.63, 3.8) is 0 Å². The zero-order valence-corrected chi connectivity index (χ0v) is 18.1. The van der Waals surface area contributed by atoms with E-state index in [4.69, 9.17) is 0 Å². The third-order valence-electron chi connectivity index (χ3n) is 6.09. The predicted molar refractivity (Wildman–Crippen MR) is 124 cm³/mol. The highest BCUT2D eigenvalue weighted by atomic mass is 15.6. The zero-order valence-electron chi connectivity index (χ0n) is 18.1. The number of hydrogen-bond acceptors (Lipinski definition) is 7. The average Bonchev–Trinajstić information content (AvgIpc) is 3.28. The highest BCUT2D eigenvalue weighted by molar-refractivity contribution is 5.99. The van der Waals surface area contributed by atoms with Crippen molar-refractivity contribution >= 4 is 27.9 Å². The van der Waals surface area contributed by atoms with Crippen LogP contribution in [0.3, 0.4) is 0 Å². The van der Waals surface area contributed by atoms with Crippen LogP contribution < -0.4 is 10.2 Å². The number of piperazine rings is 1. The van der Waals surface area contributed by atoms with Crippen LogP contribution in [-0.2, 0) is 0 Å². The van der Waals surface area contributed by atoms with Gasteiger partial charge in [0, 0.05) is 49.2 Å². The standard InChI is InChI=1S/C23H28N8/c1-17-8-9-18(2)21(16-17)30-14-12-29(13-15-30)11-5-10-24-22-19-6-3-4-7-20(19)23-25-27-28-31(23)26-22/h3-4,6-9,16H,5,10-15H2,1-2H3,(H,24,26). The van der Waals surface area contributed by atoms with Gasteiger partial charge in [-0.3, -0.25) is 4.90 Å². The third kappa shape index (κ3) is 4.03. The molecule has 0 aliphatic carbocycles. The van der Waals surface area contributed by atoms with Gasteiger partial charge < -0.3 is 10.2 Å². The lowest BCUT2D eigenvalue weighted by Crippen LogP contribution is -2.47. The topological polar surface area (TPSA) is 74.5 Å². The zero-order chi connectivity index (χ0) is 21.2. The number of nitrogens with zero attached hydrogens (tertiary/aromatic N) is 7. The van der Waals surface area contributed by atoms with Gasteiger partial charge in [-0.1, -0.05) is 36.4 Å². The monoisotopic (exact) mass is 416 g/mol. The smallest absolute Gasteiger partial charge is 0.207 e. The van der Waals surface area contributed by atoms with E-state index in [1.54, 1.807) is 0 Å². The van der Waals surface area contributed by atoms with Gasteiger partial charge in [0.15, 0.2) is 5.82 Å². The summed E-state index contributed by atoms with van der Waals surface area (Å²) in [5.41, 5.74) is 4.76. The minimum absolute atomic E-state index is 0.683. The van der Waals surface area contributed by atoms with Crippen molar-refractivity contribution in [1.82, 2.24) is 30.2 Å². The lowest BCUT2D eigenvalue weighted by molar-refractivity contribution is 0.257. The fourth-order valence-electron chi connectivity index (χ4n) is 4.36. The third-order valence-corrected chi connectivity index (χ3v) is 6.09. The predicted octanol–water partition coefficient (Wildman–Crippen LogP) is 2.91. The Kier molecular flexibility index (Phi) is 5.38. The molecule has 3 heterocycles. The Morgan fingerprint density at radius 3 is 2.61 bits per heavy atom. The summed E-state index contributed by atoms with van der Waals surface area (Å²) in [6, 6.07) is 14.8. The van der Waals surface area contributed by atoms with Crippen LogP contribution >= 0.6 is 0 Å². The second kappa shape index (κ2) is 8.47. The van der Waals surface area contributed by atoms with Crippen molar-refractivity contribution in [3.05, 3.63) is 53.6 Å². The van der Waals surface area contributed by atoms with E-state index in [-0.39, 0.29) is 0 Å². The minimum atomic E-state index is 0.683. The number of aromatic nitrogens is 5. The molecule has 2 aromatic carbocycles. The van der Waals surface area contributed by atoms with E-state index in [1.807, 2.05) is 18.2 Å². The van der Waals surface area contributed by atoms with Crippen molar-refractivity contribution in [2.24, 2.45) is 0 Å². The van der Waals surface area contributed by atoms with Gasteiger partial charge in [-0.2, -0.15) is 0 Å². The highest BCUT2D eigenvalue weighted by Gasteiger charge is 2.18. The number of hydrogen-bond donors (Lipinski definition) is 1. The van der Waals surface area contributed by atoms with Gasteiger partial charge >= 0.3 is 0 Å². The number of tetrazole rings is 1. The lowest BCUT2D eigenvalue weighted by atomic mass is 10.1. The van der Waals surface area contributed by atoms with E-state index >= 15 is 0 Å². The second-order valence-electron chi connectivity index (χ2n) is 8.29. The fraction of sp³-hybridized carbons (Fsp3) is 0.391. The summed E-state index contributed by atoms with van der Waals surface area (Å²) < 4.78 is 1.50. The van der Waals surface area contributed by atoms with Gasteiger partial charge in [0.25, 0.3) is 0 Å². The van der Waals surface area contributed by atoms with Crippen molar-refractivity contribution in [2.75, 3.05) is 49.5 Å². The molecule has 8 heteroatoms. The van der Waals surface area contributed by atoms with Crippen LogP contribution in [0.15, 0.2) is 42.5 Å². The summed E-state index contributed by atoms with van der Waals surface area (Å²) in [5, 5.41) is 21.9. The minimum Gasteiger partial charge on any atom is -0.369 e. The molecule has 4 aromatic rings. The molecule has 0 saturated carbocycles. The number of aryl methyl sites for hydroxylation is 2. The summed E-state index contributed by atoms with van der Waals surface area (Å²) in [4.78, 5) is 5.08. The Labute approximate surface area is 181 Å². The van der Waals surface area contributed by atoms with E-state index in [0.29, 0.717) is 5.65 Å². The molecule has 1 saturated heterocycles. The van der Waals surface area contributed by atoms with Crippen LogP contribution in [0.1, 0.15) is 17.5 Å². The molecular formula is C23H28N8. The molecule has 0 radical (unpaired) electrons. The van der Waals surface area contributed by atoms with Gasteiger partial charge in [-0.15, -0.1) is 14.8 Å². The Hall–Kier alpha value is -3.26. The number of benzene rings is 2. The number of fused-ring (bicyclic) bond motifs is 3. The maximum atomic E-state index is 4.56. The molecule has 0 atom stereocenters. The summed E-state index contributed by atoms with van der Waals surface area (Å²) in [6.45, 7) is 10.7. The molecule has 0 spiro atoms. The van der Waals surface area contributed by atoms with Crippen molar-refractivity contribution in [2.45, 2.75) is 20.3 Å². The van der Waals surface area contributed by atoms with Gasteiger partial charge in [0.2, 0.25) is 5.65 Å². The molecule has 0 unspecified atom stereocenters. The van der Waals surface area contributed by atoms with E-state index in [2.05, 4.69) is 73.9 Å². The van der Waals surface area contributed by atoms with Crippen LogP contribution in [-0.4, -0.2) is 69.4 Å². The number of rotatable bonds is 6. The van der Waals surface area contributed by atoms with Gasteiger partial charge in [0.1, 0.15) is 0 Å². The Morgan fingerprint density at radius 1 is 0.968 bits per heavy atom. The average molecular weight is 417 g/mol. The molecule has 1 aliphatic heterocycles. The van der Waals surface area contributed by atoms with Gasteiger partial charge in [-0.25, -0.2) is 0 Å². The van der Waals surface area contributed by atoms with Crippen LogP contribution in [0.5, 0.6) is 0 Å². The highest BCUT2D eigenvalue weighted by Crippen LogP contribution is 2.24. The first-order valence-corrected chi connectivity index (χ1v) is 10.9. The molecule has 8 nitrogen and oxygen atoms in total. The summed E-state index contributed by atoms with van der Waals surface area (Å²) in [6.07, 6.45) is 1.06. The number of anilines is 2. The van der Waals surface area contributed by atoms with E-state index in [1.165, 1.54) is 21.4 Å². The first-order chi connectivity index (χ1) is 15.2. The van der Waals surface area contributed by atoms with Crippen LogP contribution in [0.2, 0.25) is 0 Å². The Balaban J connectivity index is 1.15. The van der Waals surface area contributed by atoms with Crippen LogP contribution in [0.25, 0.3) is 16.4 Å². The molecule has 1 fully saturated rings. The first-order valence-electron chi connectivity index (χ1n) is 10.9. The number of nitrogens with one attached hydrogen (secondary N) is 1. The largest absolute Gasteiger partial charge is 0.369 e. The fourth-order valence-corrected chi connectivity index (χ4v) is 4.36.